The number of aliphatic hydroxyl groups is 2. The number of likely N-dealkylation sites (tertiary alicyclic amines) is 2. The number of rotatable bonds is 11. The van der Waals surface area contributed by atoms with Crippen molar-refractivity contribution in [2.45, 2.75) is 78.5 Å². The second-order valence-electron chi connectivity index (χ2n) is 14.7. The Morgan fingerprint density at radius 2 is 1.66 bits per heavy atom. The van der Waals surface area contributed by atoms with Crippen molar-refractivity contribution in [3.63, 3.8) is 0 Å². The second-order valence-corrected chi connectivity index (χ2v) is 14.7. The average Bonchev–Trinajstić information content (AvgIpc) is 3.37. The van der Waals surface area contributed by atoms with Crippen LogP contribution in [0.5, 0.6) is 5.75 Å². The van der Waals surface area contributed by atoms with E-state index < -0.39 is 23.9 Å². The molecule has 0 unspecified atom stereocenters. The number of carbonyl (C=O) groups is 2. The van der Waals surface area contributed by atoms with Crippen LogP contribution < -0.4 is 0 Å². The number of aliphatic hydroxyl groups excluding tert-OH is 2. The fourth-order valence-corrected chi connectivity index (χ4v) is 8.55. The molecule has 2 aliphatic heterocycles. The lowest BCUT2D eigenvalue weighted by molar-refractivity contribution is -0.144. The van der Waals surface area contributed by atoms with Crippen LogP contribution in [0.4, 0.5) is 0 Å². The van der Waals surface area contributed by atoms with Gasteiger partial charge in [-0.05, 0) is 116 Å². The number of aromatic hydroxyl groups is 1. The summed E-state index contributed by atoms with van der Waals surface area (Å²) in [6, 6.07) is 19.8. The van der Waals surface area contributed by atoms with Crippen molar-refractivity contribution in [2.24, 2.45) is 23.7 Å². The molecule has 4 atom stereocenters. The van der Waals surface area contributed by atoms with Crippen LogP contribution in [0.3, 0.4) is 0 Å². The minimum Gasteiger partial charge on any atom is -0.507 e. The first-order valence-corrected chi connectivity index (χ1v) is 18.1. The molecule has 1 aliphatic carbocycles. The number of carbonyl (C=O) groups excluding carboxylic acids is 2. The van der Waals surface area contributed by atoms with Crippen LogP contribution in [-0.4, -0.2) is 73.8 Å². The van der Waals surface area contributed by atoms with Gasteiger partial charge < -0.3 is 15.3 Å². The van der Waals surface area contributed by atoms with E-state index in [0.717, 1.165) is 71.6 Å². The number of benzene rings is 2. The van der Waals surface area contributed by atoms with Crippen LogP contribution in [0.1, 0.15) is 73.9 Å². The molecule has 3 heterocycles. The summed E-state index contributed by atoms with van der Waals surface area (Å²) in [5.74, 6) is -1.79. The Labute approximate surface area is 296 Å². The number of nitrogens with zero attached hydrogens (tertiary/aromatic N) is 3. The van der Waals surface area contributed by atoms with Crippen molar-refractivity contribution >= 4 is 23.5 Å². The van der Waals surface area contributed by atoms with Gasteiger partial charge in [-0.25, -0.2) is 0 Å². The molecule has 1 aromatic heterocycles. The molecule has 0 saturated carbocycles. The van der Waals surface area contributed by atoms with Gasteiger partial charge in [-0.1, -0.05) is 55.8 Å². The van der Waals surface area contributed by atoms with E-state index in [9.17, 15) is 24.9 Å². The van der Waals surface area contributed by atoms with Crippen LogP contribution >= 0.6 is 0 Å². The Bertz CT molecular complexity index is 1720. The third-order valence-electron chi connectivity index (χ3n) is 11.1. The summed E-state index contributed by atoms with van der Waals surface area (Å²) in [5.41, 5.74) is 7.19. The molecule has 0 radical (unpaired) electrons. The summed E-state index contributed by atoms with van der Waals surface area (Å²) in [6.07, 6.45) is 5.65. The predicted molar refractivity (Wildman–Crippen MR) is 196 cm³/mol. The van der Waals surface area contributed by atoms with Crippen LogP contribution in [0.15, 0.2) is 78.0 Å². The van der Waals surface area contributed by atoms with E-state index in [1.54, 1.807) is 6.20 Å². The Hall–Kier alpha value is -4.11. The van der Waals surface area contributed by atoms with Gasteiger partial charge in [0.05, 0.1) is 30.2 Å². The Kier molecular flexibility index (Phi) is 11.0. The van der Waals surface area contributed by atoms with Gasteiger partial charge in [0.15, 0.2) is 0 Å². The number of allylic oxidation sites excluding steroid dienone is 2. The van der Waals surface area contributed by atoms with Crippen molar-refractivity contribution in [3.05, 3.63) is 106 Å². The lowest BCUT2D eigenvalue weighted by Crippen LogP contribution is -2.47. The lowest BCUT2D eigenvalue weighted by Gasteiger charge is -2.38. The number of pyridine rings is 1. The van der Waals surface area contributed by atoms with Gasteiger partial charge in [-0.15, -0.1) is 0 Å². The highest BCUT2D eigenvalue weighted by Crippen LogP contribution is 2.49. The van der Waals surface area contributed by atoms with E-state index in [0.29, 0.717) is 19.3 Å². The number of hydrogen-bond acceptors (Lipinski definition) is 7. The van der Waals surface area contributed by atoms with Gasteiger partial charge in [0.2, 0.25) is 11.8 Å². The molecule has 3 N–H and O–H groups in total. The standard InChI is InChI=1S/C42H51N3O5/c1-26(2)33-23-34-39(42(50)45(41(34)49)32-15-18-44(19-16-32)24-29-10-6-5-7-11-29)35(25-46)38(33)37(47)14-13-31(36-12-8-9-17-43-36)22-30-20-27(3)40(48)28(4)21-30/h5-12,17,20-22,26,32,34-35,37,39,46-48H,13-16,18-19,23-25H2,1-4H3/b31-22-/t34-,35+,37-,39-/m1/s1. The molecule has 2 saturated heterocycles. The minimum atomic E-state index is -0.904. The first-order chi connectivity index (χ1) is 24.1. The molecule has 0 spiro atoms. The molecule has 6 rings (SSSR count). The summed E-state index contributed by atoms with van der Waals surface area (Å²) in [7, 11) is 0. The molecule has 0 bridgehead atoms. The van der Waals surface area contributed by atoms with E-state index in [4.69, 9.17) is 0 Å². The molecule has 3 aromatic rings. The molecule has 2 amide bonds. The summed E-state index contributed by atoms with van der Waals surface area (Å²) >= 11 is 0. The van der Waals surface area contributed by atoms with E-state index in [1.807, 2.05) is 62.4 Å². The number of hydrogen-bond donors (Lipinski definition) is 3. The zero-order valence-corrected chi connectivity index (χ0v) is 29.8. The highest BCUT2D eigenvalue weighted by molar-refractivity contribution is 6.06. The lowest BCUT2D eigenvalue weighted by atomic mass is 9.66. The van der Waals surface area contributed by atoms with Crippen LogP contribution in [0.2, 0.25) is 0 Å². The summed E-state index contributed by atoms with van der Waals surface area (Å²) in [4.78, 5) is 36.8. The third kappa shape index (κ3) is 7.34. The quantitative estimate of drug-likeness (QED) is 0.161. The zero-order valence-electron chi connectivity index (χ0n) is 29.8. The molecular formula is C42H51N3O5. The molecule has 3 aliphatic rings. The monoisotopic (exact) mass is 677 g/mol. The first kappa shape index (κ1) is 35.7. The third-order valence-corrected chi connectivity index (χ3v) is 11.1. The molecule has 8 heteroatoms. The number of amides is 2. The SMILES string of the molecule is Cc1cc(/C=C(/CC[C@@H](O)C2=C(C(C)C)C[C@H]3C(=O)N(C4CCN(Cc5ccccc5)CC4)C(=O)[C@H]3[C@H]2CO)c2ccccn2)cc(C)c1O. The summed E-state index contributed by atoms with van der Waals surface area (Å²) < 4.78 is 0. The fourth-order valence-electron chi connectivity index (χ4n) is 8.55. The van der Waals surface area contributed by atoms with Gasteiger partial charge in [0.1, 0.15) is 5.75 Å². The van der Waals surface area contributed by atoms with Gasteiger partial charge >= 0.3 is 0 Å². The van der Waals surface area contributed by atoms with Crippen molar-refractivity contribution in [1.29, 1.82) is 0 Å². The van der Waals surface area contributed by atoms with Crippen LogP contribution in [0, 0.1) is 37.5 Å². The van der Waals surface area contributed by atoms with E-state index in [2.05, 4.69) is 41.9 Å². The molecule has 2 fully saturated rings. The maximum Gasteiger partial charge on any atom is 0.234 e. The first-order valence-electron chi connectivity index (χ1n) is 18.1. The van der Waals surface area contributed by atoms with E-state index >= 15 is 0 Å². The molecule has 8 nitrogen and oxygen atoms in total. The molecular weight excluding hydrogens is 626 g/mol. The number of phenolic OH excluding ortho intramolecular Hbond substituents is 1. The number of imide groups is 1. The number of fused-ring (bicyclic) bond motifs is 1. The molecule has 2 aromatic carbocycles. The fraction of sp³-hybridized carbons (Fsp3) is 0.452. The predicted octanol–water partition coefficient (Wildman–Crippen LogP) is 6.32. The largest absolute Gasteiger partial charge is 0.507 e. The second kappa shape index (κ2) is 15.4. The minimum absolute atomic E-state index is 0.0431. The number of aryl methyl sites for hydroxylation is 2. The number of phenols is 1. The molecule has 50 heavy (non-hydrogen) atoms. The van der Waals surface area contributed by atoms with Crippen LogP contribution in [-0.2, 0) is 16.1 Å². The maximum absolute atomic E-state index is 14.2. The van der Waals surface area contributed by atoms with Gasteiger partial charge in [0.25, 0.3) is 0 Å². The van der Waals surface area contributed by atoms with Gasteiger partial charge in [-0.2, -0.15) is 0 Å². The zero-order chi connectivity index (χ0) is 35.5. The maximum atomic E-state index is 14.2. The molecule has 264 valence electrons. The Balaban J connectivity index is 1.21. The Morgan fingerprint density at radius 1 is 0.980 bits per heavy atom. The van der Waals surface area contributed by atoms with Gasteiger partial charge in [-0.3, -0.25) is 24.4 Å². The highest BCUT2D eigenvalue weighted by atomic mass is 16.3. The average molecular weight is 678 g/mol. The number of aromatic nitrogens is 1. The smallest absolute Gasteiger partial charge is 0.234 e. The van der Waals surface area contributed by atoms with E-state index in [1.165, 1.54) is 10.5 Å². The highest BCUT2D eigenvalue weighted by Gasteiger charge is 2.56. The van der Waals surface area contributed by atoms with Crippen molar-refractivity contribution < 1.29 is 24.9 Å². The van der Waals surface area contributed by atoms with Crippen LogP contribution in [0.25, 0.3) is 11.6 Å². The normalized spacial score (nSPS) is 22.8. The van der Waals surface area contributed by atoms with E-state index in [-0.39, 0.29) is 36.1 Å². The number of piperidine rings is 1. The van der Waals surface area contributed by atoms with Gasteiger partial charge in [0, 0.05) is 37.8 Å². The topological polar surface area (TPSA) is 114 Å². The summed E-state index contributed by atoms with van der Waals surface area (Å²) in [5, 5.41) is 33.2. The summed E-state index contributed by atoms with van der Waals surface area (Å²) in [6.45, 7) is 10.0. The van der Waals surface area contributed by atoms with Crippen molar-refractivity contribution in [2.75, 3.05) is 19.7 Å². The van der Waals surface area contributed by atoms with Crippen molar-refractivity contribution in [1.82, 2.24) is 14.8 Å². The Morgan fingerprint density at radius 3 is 2.28 bits per heavy atom. The van der Waals surface area contributed by atoms with Crippen molar-refractivity contribution in [3.8, 4) is 5.75 Å².